The number of hydrogen-bond acceptors (Lipinski definition) is 2. The van der Waals surface area contributed by atoms with Crippen molar-refractivity contribution in [2.45, 2.75) is 18.7 Å². The Hall–Kier alpha value is -1.92. The van der Waals surface area contributed by atoms with E-state index in [0.717, 1.165) is 0 Å². The lowest BCUT2D eigenvalue weighted by atomic mass is 9.98. The number of hydrogen-bond donors (Lipinski definition) is 1. The molecule has 0 aliphatic carbocycles. The maximum atomic E-state index is 12.1. The van der Waals surface area contributed by atoms with Gasteiger partial charge in [0.05, 0.1) is 0 Å². The van der Waals surface area contributed by atoms with Gasteiger partial charge < -0.3 is 14.7 Å². The molecule has 1 aliphatic rings. The van der Waals surface area contributed by atoms with Crippen LogP contribution in [0.2, 0.25) is 0 Å². The minimum atomic E-state index is -4.72. The van der Waals surface area contributed by atoms with E-state index in [9.17, 15) is 18.0 Å². The lowest BCUT2D eigenvalue weighted by Crippen LogP contribution is -2.26. The lowest BCUT2D eigenvalue weighted by molar-refractivity contribution is -0.274. The van der Waals surface area contributed by atoms with Gasteiger partial charge in [0.2, 0.25) is 0 Å². The molecule has 1 N–H and O–H groups in total. The third-order valence-corrected chi connectivity index (χ3v) is 3.02. The van der Waals surface area contributed by atoms with Crippen LogP contribution in [0.5, 0.6) is 5.75 Å². The topological polar surface area (TPSA) is 49.8 Å². The van der Waals surface area contributed by atoms with Crippen LogP contribution in [-0.2, 0) is 0 Å². The van der Waals surface area contributed by atoms with Gasteiger partial charge in [0, 0.05) is 19.0 Å². The molecule has 104 valence electrons. The molecular formula is C12H12F3NO3. The maximum absolute atomic E-state index is 12.1. The molecule has 1 atom stereocenters. The van der Waals surface area contributed by atoms with Crippen molar-refractivity contribution >= 4 is 6.09 Å². The van der Waals surface area contributed by atoms with Crippen LogP contribution >= 0.6 is 0 Å². The SMILES string of the molecule is O=C(O)N1CCC(c2cccc(OC(F)(F)F)c2)C1. The Morgan fingerprint density at radius 3 is 2.74 bits per heavy atom. The molecule has 19 heavy (non-hydrogen) atoms. The summed E-state index contributed by atoms with van der Waals surface area (Å²) in [5.74, 6) is -0.369. The molecule has 7 heteroatoms. The summed E-state index contributed by atoms with van der Waals surface area (Å²) >= 11 is 0. The van der Waals surface area contributed by atoms with E-state index in [1.54, 1.807) is 6.07 Å². The normalized spacial score (nSPS) is 19.5. The van der Waals surface area contributed by atoms with Gasteiger partial charge in [-0.15, -0.1) is 13.2 Å². The number of likely N-dealkylation sites (tertiary alicyclic amines) is 1. The number of carbonyl (C=O) groups is 1. The van der Waals surface area contributed by atoms with Gasteiger partial charge in [-0.3, -0.25) is 0 Å². The molecule has 1 aromatic rings. The zero-order valence-corrected chi connectivity index (χ0v) is 9.85. The first-order chi connectivity index (χ1) is 8.85. The van der Waals surface area contributed by atoms with Gasteiger partial charge in [0.1, 0.15) is 5.75 Å². The van der Waals surface area contributed by atoms with Crippen LogP contribution in [0, 0.1) is 0 Å². The highest BCUT2D eigenvalue weighted by molar-refractivity contribution is 5.65. The Balaban J connectivity index is 2.09. The quantitative estimate of drug-likeness (QED) is 0.902. The first kappa shape index (κ1) is 13.5. The fourth-order valence-electron chi connectivity index (χ4n) is 2.17. The van der Waals surface area contributed by atoms with E-state index in [-0.39, 0.29) is 11.7 Å². The number of nitrogens with zero attached hydrogens (tertiary/aromatic N) is 1. The average molecular weight is 275 g/mol. The van der Waals surface area contributed by atoms with Gasteiger partial charge in [0.15, 0.2) is 0 Å². The number of benzene rings is 1. The summed E-state index contributed by atoms with van der Waals surface area (Å²) in [5, 5.41) is 8.84. The monoisotopic (exact) mass is 275 g/mol. The minimum Gasteiger partial charge on any atom is -0.465 e. The zero-order chi connectivity index (χ0) is 14.0. The first-order valence-corrected chi connectivity index (χ1v) is 5.69. The van der Waals surface area contributed by atoms with Crippen LogP contribution in [0.3, 0.4) is 0 Å². The summed E-state index contributed by atoms with van der Waals surface area (Å²) in [6.07, 6.45) is -5.13. The second-order valence-corrected chi connectivity index (χ2v) is 4.33. The average Bonchev–Trinajstić information content (AvgIpc) is 2.76. The summed E-state index contributed by atoms with van der Waals surface area (Å²) in [4.78, 5) is 12.0. The summed E-state index contributed by atoms with van der Waals surface area (Å²) in [5.41, 5.74) is 0.658. The van der Waals surface area contributed by atoms with Gasteiger partial charge in [-0.05, 0) is 24.1 Å². The van der Waals surface area contributed by atoms with Crippen LogP contribution in [-0.4, -0.2) is 35.6 Å². The Bertz CT molecular complexity index is 476. The minimum absolute atomic E-state index is 0.0899. The predicted molar refractivity (Wildman–Crippen MR) is 60.1 cm³/mol. The molecule has 1 heterocycles. The lowest BCUT2D eigenvalue weighted by Gasteiger charge is -2.14. The Morgan fingerprint density at radius 2 is 2.16 bits per heavy atom. The van der Waals surface area contributed by atoms with Crippen LogP contribution in [0.4, 0.5) is 18.0 Å². The second kappa shape index (κ2) is 4.99. The second-order valence-electron chi connectivity index (χ2n) is 4.33. The standard InChI is InChI=1S/C12H12F3NO3/c13-12(14,15)19-10-3-1-2-8(6-10)9-4-5-16(7-9)11(17)18/h1-3,6,9H,4-5,7H2,(H,17,18). The van der Waals surface area contributed by atoms with Gasteiger partial charge in [0.25, 0.3) is 0 Å². The third kappa shape index (κ3) is 3.52. The van der Waals surface area contributed by atoms with E-state index in [2.05, 4.69) is 4.74 Å². The molecular weight excluding hydrogens is 263 g/mol. The van der Waals surface area contributed by atoms with E-state index in [1.807, 2.05) is 0 Å². The van der Waals surface area contributed by atoms with Crippen LogP contribution in [0.25, 0.3) is 0 Å². The Labute approximate surface area is 107 Å². The predicted octanol–water partition coefficient (Wildman–Crippen LogP) is 3.05. The molecule has 1 aromatic carbocycles. The molecule has 2 rings (SSSR count). The largest absolute Gasteiger partial charge is 0.573 e. The Kier molecular flexibility index (Phi) is 3.55. The van der Waals surface area contributed by atoms with Crippen molar-refractivity contribution in [3.63, 3.8) is 0 Å². The van der Waals surface area contributed by atoms with Crippen molar-refractivity contribution in [1.82, 2.24) is 4.90 Å². The summed E-state index contributed by atoms with van der Waals surface area (Å²) < 4.78 is 40.2. The Morgan fingerprint density at radius 1 is 1.42 bits per heavy atom. The highest BCUT2D eigenvalue weighted by Gasteiger charge is 2.32. The highest BCUT2D eigenvalue weighted by Crippen LogP contribution is 2.31. The molecule has 0 spiro atoms. The fraction of sp³-hybridized carbons (Fsp3) is 0.417. The number of amides is 1. The molecule has 0 saturated carbocycles. The molecule has 1 amide bonds. The zero-order valence-electron chi connectivity index (χ0n) is 9.85. The van der Waals surface area contributed by atoms with Gasteiger partial charge >= 0.3 is 12.5 Å². The number of carboxylic acid groups (broad SMARTS) is 1. The number of ether oxygens (including phenoxy) is 1. The molecule has 1 saturated heterocycles. The smallest absolute Gasteiger partial charge is 0.465 e. The summed E-state index contributed by atoms with van der Waals surface area (Å²) in [6.45, 7) is 0.690. The van der Waals surface area contributed by atoms with Crippen molar-refractivity contribution in [3.8, 4) is 5.75 Å². The summed E-state index contributed by atoms with van der Waals surface area (Å²) in [6, 6.07) is 5.68. The van der Waals surface area contributed by atoms with Crippen LogP contribution < -0.4 is 4.74 Å². The number of alkyl halides is 3. The molecule has 0 aromatic heterocycles. The van der Waals surface area contributed by atoms with Gasteiger partial charge in [-0.25, -0.2) is 4.79 Å². The number of rotatable bonds is 2. The highest BCUT2D eigenvalue weighted by atomic mass is 19.4. The third-order valence-electron chi connectivity index (χ3n) is 3.02. The van der Waals surface area contributed by atoms with E-state index >= 15 is 0 Å². The van der Waals surface area contributed by atoms with Crippen molar-refractivity contribution < 1.29 is 27.8 Å². The van der Waals surface area contributed by atoms with E-state index in [4.69, 9.17) is 5.11 Å². The van der Waals surface area contributed by atoms with Crippen molar-refractivity contribution in [3.05, 3.63) is 29.8 Å². The molecule has 0 bridgehead atoms. The first-order valence-electron chi connectivity index (χ1n) is 5.69. The van der Waals surface area contributed by atoms with E-state index < -0.39 is 12.5 Å². The molecule has 4 nitrogen and oxygen atoms in total. The fourth-order valence-corrected chi connectivity index (χ4v) is 2.17. The maximum Gasteiger partial charge on any atom is 0.573 e. The van der Waals surface area contributed by atoms with Crippen molar-refractivity contribution in [1.29, 1.82) is 0 Å². The van der Waals surface area contributed by atoms with Crippen molar-refractivity contribution in [2.75, 3.05) is 13.1 Å². The van der Waals surface area contributed by atoms with E-state index in [0.29, 0.717) is 25.1 Å². The molecule has 1 aliphatic heterocycles. The van der Waals surface area contributed by atoms with Crippen LogP contribution in [0.1, 0.15) is 17.9 Å². The molecule has 1 unspecified atom stereocenters. The summed E-state index contributed by atoms with van der Waals surface area (Å²) in [7, 11) is 0. The van der Waals surface area contributed by atoms with E-state index in [1.165, 1.54) is 23.1 Å². The van der Waals surface area contributed by atoms with Gasteiger partial charge in [-0.1, -0.05) is 12.1 Å². The molecule has 0 radical (unpaired) electrons. The van der Waals surface area contributed by atoms with Crippen LogP contribution in [0.15, 0.2) is 24.3 Å². The number of halogens is 3. The van der Waals surface area contributed by atoms with Crippen molar-refractivity contribution in [2.24, 2.45) is 0 Å². The van der Waals surface area contributed by atoms with Gasteiger partial charge in [-0.2, -0.15) is 0 Å². The molecule has 1 fully saturated rings.